The quantitative estimate of drug-likeness (QED) is 0.792. The monoisotopic (exact) mass is 343 g/mol. The first-order valence-electron chi connectivity index (χ1n) is 6.05. The van der Waals surface area contributed by atoms with Crippen molar-refractivity contribution in [2.75, 3.05) is 5.32 Å². The van der Waals surface area contributed by atoms with Crippen molar-refractivity contribution in [2.45, 2.75) is 19.9 Å². The Labute approximate surface area is 123 Å². The fourth-order valence-corrected chi connectivity index (χ4v) is 2.40. The zero-order chi connectivity index (χ0) is 14.9. The van der Waals surface area contributed by atoms with Crippen molar-refractivity contribution < 1.29 is 13.2 Å². The van der Waals surface area contributed by atoms with Crippen molar-refractivity contribution in [3.63, 3.8) is 0 Å². The normalized spacial score (nSPS) is 12.3. The molecule has 106 valence electrons. The van der Waals surface area contributed by atoms with E-state index in [1.807, 2.05) is 6.92 Å². The topological polar surface area (TPSA) is 12.0 Å². The van der Waals surface area contributed by atoms with E-state index in [1.54, 1.807) is 13.0 Å². The average Bonchev–Trinajstić information content (AvgIpc) is 2.34. The summed E-state index contributed by atoms with van der Waals surface area (Å²) in [4.78, 5) is 0. The molecule has 2 aromatic carbocycles. The first-order chi connectivity index (χ1) is 9.36. The Morgan fingerprint density at radius 2 is 1.60 bits per heavy atom. The van der Waals surface area contributed by atoms with E-state index in [2.05, 4.69) is 21.2 Å². The maximum Gasteiger partial charge on any atom is 0.139 e. The summed E-state index contributed by atoms with van der Waals surface area (Å²) < 4.78 is 40.3. The maximum absolute atomic E-state index is 13.5. The molecule has 0 amide bonds. The highest BCUT2D eigenvalue weighted by molar-refractivity contribution is 9.10. The Hall–Kier alpha value is -1.49. The van der Waals surface area contributed by atoms with Gasteiger partial charge in [-0.05, 0) is 65.2 Å². The molecule has 2 aromatic rings. The molecule has 0 radical (unpaired) electrons. The lowest BCUT2D eigenvalue weighted by Gasteiger charge is -2.18. The molecule has 1 N–H and O–H groups in total. The van der Waals surface area contributed by atoms with Crippen LogP contribution >= 0.6 is 15.9 Å². The second-order valence-corrected chi connectivity index (χ2v) is 5.50. The van der Waals surface area contributed by atoms with Crippen molar-refractivity contribution >= 4 is 21.6 Å². The van der Waals surface area contributed by atoms with Crippen LogP contribution in [0.15, 0.2) is 34.8 Å². The van der Waals surface area contributed by atoms with Crippen LogP contribution in [0.4, 0.5) is 18.9 Å². The van der Waals surface area contributed by atoms with Crippen LogP contribution in [0.5, 0.6) is 0 Å². The minimum Gasteiger partial charge on any atom is -0.378 e. The number of nitrogens with one attached hydrogen (secondary N) is 1. The van der Waals surface area contributed by atoms with E-state index in [4.69, 9.17) is 0 Å². The minimum absolute atomic E-state index is 0.348. The van der Waals surface area contributed by atoms with E-state index in [0.717, 1.165) is 11.6 Å². The highest BCUT2D eigenvalue weighted by atomic mass is 79.9. The second kappa shape index (κ2) is 5.87. The predicted octanol–water partition coefficient (Wildman–Crippen LogP) is 5.35. The van der Waals surface area contributed by atoms with Gasteiger partial charge in [-0.25, -0.2) is 13.2 Å². The summed E-state index contributed by atoms with van der Waals surface area (Å²) in [6, 6.07) is 5.99. The Morgan fingerprint density at radius 3 is 2.20 bits per heavy atom. The van der Waals surface area contributed by atoms with Gasteiger partial charge in [-0.2, -0.15) is 0 Å². The number of hydrogen-bond acceptors (Lipinski definition) is 1. The molecule has 5 heteroatoms. The van der Waals surface area contributed by atoms with Gasteiger partial charge < -0.3 is 5.32 Å². The number of rotatable bonds is 3. The highest BCUT2D eigenvalue weighted by Crippen LogP contribution is 2.27. The molecular weight excluding hydrogens is 331 g/mol. The van der Waals surface area contributed by atoms with Crippen molar-refractivity contribution in [3.05, 3.63) is 63.4 Å². The summed E-state index contributed by atoms with van der Waals surface area (Å²) in [6.45, 7) is 3.58. The smallest absolute Gasteiger partial charge is 0.139 e. The maximum atomic E-state index is 13.5. The van der Waals surface area contributed by atoms with Crippen molar-refractivity contribution in [1.29, 1.82) is 0 Å². The van der Waals surface area contributed by atoms with Crippen molar-refractivity contribution in [2.24, 2.45) is 0 Å². The van der Waals surface area contributed by atoms with E-state index in [-0.39, 0.29) is 6.04 Å². The van der Waals surface area contributed by atoms with Crippen LogP contribution in [-0.2, 0) is 0 Å². The molecule has 1 atom stereocenters. The van der Waals surface area contributed by atoms with Gasteiger partial charge in [0.05, 0.1) is 4.47 Å². The lowest BCUT2D eigenvalue weighted by Crippen LogP contribution is -2.09. The first kappa shape index (κ1) is 14.9. The van der Waals surface area contributed by atoms with Crippen LogP contribution in [0, 0.1) is 24.4 Å². The van der Waals surface area contributed by atoms with Gasteiger partial charge in [0.15, 0.2) is 0 Å². The van der Waals surface area contributed by atoms with Crippen molar-refractivity contribution in [3.8, 4) is 0 Å². The Kier molecular flexibility index (Phi) is 4.38. The van der Waals surface area contributed by atoms with Gasteiger partial charge in [-0.1, -0.05) is 0 Å². The van der Waals surface area contributed by atoms with Crippen LogP contribution in [0.2, 0.25) is 0 Å². The van der Waals surface area contributed by atoms with Crippen LogP contribution in [0.25, 0.3) is 0 Å². The molecule has 1 nitrogen and oxygen atoms in total. The number of anilines is 1. The van der Waals surface area contributed by atoms with Gasteiger partial charge in [0.2, 0.25) is 0 Å². The third-order valence-corrected chi connectivity index (χ3v) is 3.63. The van der Waals surface area contributed by atoms with E-state index >= 15 is 0 Å². The number of hydrogen-bond donors (Lipinski definition) is 1. The fraction of sp³-hybridized carbons (Fsp3) is 0.200. The lowest BCUT2D eigenvalue weighted by atomic mass is 10.1. The van der Waals surface area contributed by atoms with E-state index in [0.29, 0.717) is 15.7 Å². The molecule has 0 saturated heterocycles. The van der Waals surface area contributed by atoms with Gasteiger partial charge >= 0.3 is 0 Å². The molecule has 1 unspecified atom stereocenters. The molecular formula is C15H13BrF3N. The van der Waals surface area contributed by atoms with Gasteiger partial charge in [-0.3, -0.25) is 0 Å². The summed E-state index contributed by atoms with van der Waals surface area (Å²) in [5.41, 5.74) is 1.88. The van der Waals surface area contributed by atoms with Crippen LogP contribution in [0.1, 0.15) is 24.1 Å². The molecule has 0 aromatic heterocycles. The molecule has 0 aliphatic heterocycles. The second-order valence-electron chi connectivity index (χ2n) is 4.65. The van der Waals surface area contributed by atoms with Crippen LogP contribution in [-0.4, -0.2) is 0 Å². The van der Waals surface area contributed by atoms with E-state index in [9.17, 15) is 13.2 Å². The molecule has 0 bridgehead atoms. The van der Waals surface area contributed by atoms with E-state index < -0.39 is 17.5 Å². The number of aryl methyl sites for hydroxylation is 1. The Bertz CT molecular complexity index is 623. The number of halogens is 4. The number of benzene rings is 2. The largest absolute Gasteiger partial charge is 0.378 e. The van der Waals surface area contributed by atoms with Gasteiger partial charge in [0.25, 0.3) is 0 Å². The fourth-order valence-electron chi connectivity index (χ4n) is 1.94. The molecule has 0 heterocycles. The first-order valence-corrected chi connectivity index (χ1v) is 6.84. The summed E-state index contributed by atoms with van der Waals surface area (Å²) in [5, 5.41) is 3.05. The van der Waals surface area contributed by atoms with Crippen LogP contribution in [0.3, 0.4) is 0 Å². The summed E-state index contributed by atoms with van der Waals surface area (Å²) >= 11 is 3.11. The lowest BCUT2D eigenvalue weighted by molar-refractivity contribution is 0.577. The predicted molar refractivity (Wildman–Crippen MR) is 77.2 cm³/mol. The minimum atomic E-state index is -0.632. The van der Waals surface area contributed by atoms with Gasteiger partial charge in [-0.15, -0.1) is 0 Å². The third kappa shape index (κ3) is 3.33. The van der Waals surface area contributed by atoms with Gasteiger partial charge in [0, 0.05) is 17.8 Å². The molecule has 20 heavy (non-hydrogen) atoms. The Balaban J connectivity index is 2.27. The average molecular weight is 344 g/mol. The molecule has 0 aliphatic carbocycles. The van der Waals surface area contributed by atoms with Crippen molar-refractivity contribution in [1.82, 2.24) is 0 Å². The van der Waals surface area contributed by atoms with Gasteiger partial charge in [0.1, 0.15) is 17.5 Å². The third-order valence-electron chi connectivity index (χ3n) is 3.02. The molecule has 0 saturated carbocycles. The molecule has 2 rings (SSSR count). The summed E-state index contributed by atoms with van der Waals surface area (Å²) in [5.74, 6) is -1.66. The molecule has 0 spiro atoms. The summed E-state index contributed by atoms with van der Waals surface area (Å²) in [7, 11) is 0. The standard InChI is InChI=1S/C15H13BrF3N/c1-8-3-13(16)14(19)7-15(8)20-9(2)10-4-11(17)6-12(18)5-10/h3-7,9,20H,1-2H3. The van der Waals surface area contributed by atoms with E-state index in [1.165, 1.54) is 18.2 Å². The highest BCUT2D eigenvalue weighted by Gasteiger charge is 2.11. The Morgan fingerprint density at radius 1 is 1.00 bits per heavy atom. The molecule has 0 aliphatic rings. The SMILES string of the molecule is Cc1cc(Br)c(F)cc1NC(C)c1cc(F)cc(F)c1. The zero-order valence-electron chi connectivity index (χ0n) is 11.0. The zero-order valence-corrected chi connectivity index (χ0v) is 12.6. The summed E-state index contributed by atoms with van der Waals surface area (Å²) in [6.07, 6.45) is 0. The molecule has 0 fully saturated rings. The van der Waals surface area contributed by atoms with Crippen LogP contribution < -0.4 is 5.32 Å².